The highest BCUT2D eigenvalue weighted by Gasteiger charge is 2.17. The molecule has 21 heavy (non-hydrogen) atoms. The van der Waals surface area contributed by atoms with Crippen LogP contribution in [0.25, 0.3) is 12.2 Å². The third kappa shape index (κ3) is 2.84. The summed E-state index contributed by atoms with van der Waals surface area (Å²) in [6.45, 7) is 0.627. The van der Waals surface area contributed by atoms with Gasteiger partial charge in [-0.1, -0.05) is 30.3 Å². The van der Waals surface area contributed by atoms with Crippen LogP contribution in [0.3, 0.4) is 0 Å². The number of carbonyl (C=O) groups is 1. The molecule has 0 fully saturated rings. The van der Waals surface area contributed by atoms with Gasteiger partial charge in [-0.2, -0.15) is 0 Å². The first-order chi connectivity index (χ1) is 10.2. The summed E-state index contributed by atoms with van der Waals surface area (Å²) in [6.07, 6.45) is 9.02. The van der Waals surface area contributed by atoms with E-state index in [-0.39, 0.29) is 0 Å². The molecule has 0 unspecified atom stereocenters. The predicted molar refractivity (Wildman–Crippen MR) is 82.4 cm³/mol. The number of amides is 1. The van der Waals surface area contributed by atoms with Crippen molar-refractivity contribution < 1.29 is 4.79 Å². The molecule has 2 aromatic rings. The lowest BCUT2D eigenvalue weighted by molar-refractivity contribution is -0.115. The standard InChI is InChI=1S/C17H15N3O/c18-17(21)16(10-13-4-3-8-19-11-13)20-9-7-14-5-1-2-6-15(14)12-20/h1-11H,12H2,(H2,18,21)/b16-10+. The highest BCUT2D eigenvalue weighted by molar-refractivity contribution is 5.96. The third-order valence-corrected chi connectivity index (χ3v) is 3.38. The molecule has 104 valence electrons. The Morgan fingerprint density at radius 1 is 1.24 bits per heavy atom. The Bertz CT molecular complexity index is 720. The van der Waals surface area contributed by atoms with Crippen molar-refractivity contribution in [1.29, 1.82) is 0 Å². The van der Waals surface area contributed by atoms with Gasteiger partial charge in [0.25, 0.3) is 5.91 Å². The Hall–Kier alpha value is -2.88. The molecule has 2 N–H and O–H groups in total. The van der Waals surface area contributed by atoms with Crippen molar-refractivity contribution >= 4 is 18.1 Å². The van der Waals surface area contributed by atoms with Gasteiger partial charge in [0.1, 0.15) is 5.70 Å². The fraction of sp³-hybridized carbons (Fsp3) is 0.0588. The van der Waals surface area contributed by atoms with E-state index < -0.39 is 5.91 Å². The van der Waals surface area contributed by atoms with Crippen molar-refractivity contribution in [2.24, 2.45) is 5.73 Å². The second-order valence-corrected chi connectivity index (χ2v) is 4.82. The van der Waals surface area contributed by atoms with Gasteiger partial charge in [-0.3, -0.25) is 9.78 Å². The van der Waals surface area contributed by atoms with Crippen LogP contribution in [-0.4, -0.2) is 15.8 Å². The SMILES string of the molecule is NC(=O)/C(=C\c1cccnc1)N1C=Cc2ccccc2C1. The number of aromatic nitrogens is 1. The van der Waals surface area contributed by atoms with E-state index in [2.05, 4.69) is 17.1 Å². The van der Waals surface area contributed by atoms with Gasteiger partial charge < -0.3 is 10.6 Å². The van der Waals surface area contributed by atoms with Gasteiger partial charge in [-0.25, -0.2) is 0 Å². The summed E-state index contributed by atoms with van der Waals surface area (Å²) in [7, 11) is 0. The molecule has 0 radical (unpaired) electrons. The van der Waals surface area contributed by atoms with E-state index in [1.165, 1.54) is 11.1 Å². The molecule has 0 aliphatic carbocycles. The first kappa shape index (κ1) is 13.1. The molecular weight excluding hydrogens is 262 g/mol. The number of hydrogen-bond acceptors (Lipinski definition) is 3. The topological polar surface area (TPSA) is 59.2 Å². The van der Waals surface area contributed by atoms with E-state index in [1.54, 1.807) is 18.5 Å². The minimum atomic E-state index is -0.456. The molecule has 0 atom stereocenters. The van der Waals surface area contributed by atoms with Crippen LogP contribution in [0.1, 0.15) is 16.7 Å². The number of nitrogens with zero attached hydrogens (tertiary/aromatic N) is 2. The van der Waals surface area contributed by atoms with Crippen LogP contribution >= 0.6 is 0 Å². The number of pyridine rings is 1. The quantitative estimate of drug-likeness (QED) is 0.876. The van der Waals surface area contributed by atoms with Crippen molar-refractivity contribution in [2.75, 3.05) is 0 Å². The Kier molecular flexibility index (Phi) is 3.51. The zero-order valence-corrected chi connectivity index (χ0v) is 11.4. The van der Waals surface area contributed by atoms with Crippen LogP contribution in [0.2, 0.25) is 0 Å². The van der Waals surface area contributed by atoms with Crippen molar-refractivity contribution in [3.8, 4) is 0 Å². The highest BCUT2D eigenvalue weighted by atomic mass is 16.1. The van der Waals surface area contributed by atoms with E-state index in [4.69, 9.17) is 5.73 Å². The van der Waals surface area contributed by atoms with Gasteiger partial charge in [0, 0.05) is 25.1 Å². The number of nitrogens with two attached hydrogens (primary N) is 1. The van der Waals surface area contributed by atoms with Crippen LogP contribution < -0.4 is 5.73 Å². The maximum atomic E-state index is 11.8. The molecule has 1 aromatic carbocycles. The van der Waals surface area contributed by atoms with Gasteiger partial charge in [0.15, 0.2) is 0 Å². The van der Waals surface area contributed by atoms with Crippen molar-refractivity contribution in [1.82, 2.24) is 9.88 Å². The second kappa shape index (κ2) is 5.63. The van der Waals surface area contributed by atoms with Crippen molar-refractivity contribution in [3.05, 3.63) is 77.4 Å². The van der Waals surface area contributed by atoms with Crippen molar-refractivity contribution in [2.45, 2.75) is 6.54 Å². The molecule has 0 bridgehead atoms. The number of carbonyl (C=O) groups excluding carboxylic acids is 1. The average Bonchev–Trinajstić information content (AvgIpc) is 2.53. The van der Waals surface area contributed by atoms with Gasteiger partial charge in [0.2, 0.25) is 0 Å². The van der Waals surface area contributed by atoms with E-state index >= 15 is 0 Å². The fourth-order valence-corrected chi connectivity index (χ4v) is 2.33. The van der Waals surface area contributed by atoms with Gasteiger partial charge >= 0.3 is 0 Å². The average molecular weight is 277 g/mol. The maximum Gasteiger partial charge on any atom is 0.265 e. The van der Waals surface area contributed by atoms with E-state index in [0.29, 0.717) is 12.2 Å². The summed E-state index contributed by atoms with van der Waals surface area (Å²) in [6, 6.07) is 11.8. The molecule has 0 spiro atoms. The lowest BCUT2D eigenvalue weighted by Gasteiger charge is -2.26. The van der Waals surface area contributed by atoms with Crippen molar-refractivity contribution in [3.63, 3.8) is 0 Å². The van der Waals surface area contributed by atoms with Crippen LogP contribution in [0.5, 0.6) is 0 Å². The van der Waals surface area contributed by atoms with E-state index in [1.807, 2.05) is 41.4 Å². The largest absolute Gasteiger partial charge is 0.364 e. The number of benzene rings is 1. The zero-order chi connectivity index (χ0) is 14.7. The van der Waals surface area contributed by atoms with Gasteiger partial charge in [-0.05, 0) is 34.9 Å². The monoisotopic (exact) mass is 277 g/mol. The van der Waals surface area contributed by atoms with Crippen LogP contribution in [0, 0.1) is 0 Å². The molecule has 1 amide bonds. The summed E-state index contributed by atoms with van der Waals surface area (Å²) in [5.74, 6) is -0.456. The third-order valence-electron chi connectivity index (χ3n) is 3.38. The highest BCUT2D eigenvalue weighted by Crippen LogP contribution is 2.23. The van der Waals surface area contributed by atoms with E-state index in [9.17, 15) is 4.79 Å². The summed E-state index contributed by atoms with van der Waals surface area (Å²) in [4.78, 5) is 17.7. The Morgan fingerprint density at radius 2 is 2.10 bits per heavy atom. The Morgan fingerprint density at radius 3 is 2.86 bits per heavy atom. The minimum Gasteiger partial charge on any atom is -0.364 e. The number of hydrogen-bond donors (Lipinski definition) is 1. The summed E-state index contributed by atoms with van der Waals surface area (Å²) in [5, 5.41) is 0. The second-order valence-electron chi connectivity index (χ2n) is 4.82. The normalized spacial score (nSPS) is 13.9. The van der Waals surface area contributed by atoms with E-state index in [0.717, 1.165) is 5.56 Å². The fourth-order valence-electron chi connectivity index (χ4n) is 2.33. The number of fused-ring (bicyclic) bond motifs is 1. The maximum absolute atomic E-state index is 11.8. The summed E-state index contributed by atoms with van der Waals surface area (Å²) in [5.41, 5.74) is 9.16. The van der Waals surface area contributed by atoms with Crippen LogP contribution in [0.4, 0.5) is 0 Å². The minimum absolute atomic E-state index is 0.453. The molecule has 0 saturated heterocycles. The predicted octanol–water partition coefficient (Wildman–Crippen LogP) is 2.39. The zero-order valence-electron chi connectivity index (χ0n) is 11.4. The van der Waals surface area contributed by atoms with Crippen LogP contribution in [0.15, 0.2) is 60.7 Å². The lowest BCUT2D eigenvalue weighted by atomic mass is 10.0. The molecular formula is C17H15N3O. The summed E-state index contributed by atoms with van der Waals surface area (Å²) >= 11 is 0. The number of primary amides is 1. The molecule has 2 heterocycles. The molecule has 4 nitrogen and oxygen atoms in total. The molecule has 0 saturated carbocycles. The van der Waals surface area contributed by atoms with Gasteiger partial charge in [0.05, 0.1) is 0 Å². The first-order valence-corrected chi connectivity index (χ1v) is 6.68. The lowest BCUT2D eigenvalue weighted by Crippen LogP contribution is -2.28. The smallest absolute Gasteiger partial charge is 0.265 e. The Labute approximate surface area is 123 Å². The molecule has 4 heteroatoms. The molecule has 3 rings (SSSR count). The van der Waals surface area contributed by atoms with Gasteiger partial charge in [-0.15, -0.1) is 0 Å². The molecule has 1 aromatic heterocycles. The first-order valence-electron chi connectivity index (χ1n) is 6.68. The van der Waals surface area contributed by atoms with Crippen LogP contribution in [-0.2, 0) is 11.3 Å². The number of rotatable bonds is 3. The molecule has 1 aliphatic rings. The molecule has 1 aliphatic heterocycles. The Balaban J connectivity index is 1.94. The summed E-state index contributed by atoms with van der Waals surface area (Å²) < 4.78 is 0.